The minimum absolute atomic E-state index is 0.152. The molecule has 2 N–H and O–H groups in total. The Balaban J connectivity index is 1.32. The Kier molecular flexibility index (Phi) is 5.25. The van der Waals surface area contributed by atoms with Crippen LogP contribution in [0.2, 0.25) is 0 Å². The molecule has 0 unspecified atom stereocenters. The molecular weight excluding hydrogens is 450 g/mol. The van der Waals surface area contributed by atoms with Crippen LogP contribution in [0, 0.1) is 0 Å². The van der Waals surface area contributed by atoms with Crippen LogP contribution >= 0.6 is 0 Å². The van der Waals surface area contributed by atoms with E-state index in [1.165, 1.54) is 6.33 Å². The molecule has 0 saturated heterocycles. The van der Waals surface area contributed by atoms with Crippen molar-refractivity contribution in [3.63, 3.8) is 0 Å². The summed E-state index contributed by atoms with van der Waals surface area (Å²) in [6.07, 6.45) is 7.66. The molecule has 1 aliphatic rings. The van der Waals surface area contributed by atoms with Crippen LogP contribution in [0.4, 0.5) is 5.82 Å². The number of hydrogen-bond donors (Lipinski definition) is 1. The van der Waals surface area contributed by atoms with E-state index in [2.05, 4.69) is 9.97 Å². The second-order valence-corrected chi connectivity index (χ2v) is 9.38. The van der Waals surface area contributed by atoms with Crippen LogP contribution in [0.5, 0.6) is 0 Å². The number of pyridine rings is 1. The minimum atomic E-state index is -0.279. The van der Waals surface area contributed by atoms with Gasteiger partial charge in [-0.15, -0.1) is 0 Å². The molecule has 3 heterocycles. The predicted octanol–water partition coefficient (Wildman–Crippen LogP) is 4.67. The molecule has 1 aliphatic carbocycles. The van der Waals surface area contributed by atoms with E-state index in [1.54, 1.807) is 10.6 Å². The number of rotatable bonds is 6. The van der Waals surface area contributed by atoms with Crippen molar-refractivity contribution in [1.29, 1.82) is 0 Å². The molecule has 1 saturated carbocycles. The lowest BCUT2D eigenvalue weighted by Crippen LogP contribution is -2.26. The Labute approximate surface area is 207 Å². The van der Waals surface area contributed by atoms with Gasteiger partial charge in [0.05, 0.1) is 10.9 Å². The van der Waals surface area contributed by atoms with E-state index in [9.17, 15) is 9.59 Å². The van der Waals surface area contributed by atoms with Gasteiger partial charge < -0.3 is 10.3 Å². The molecule has 5 aromatic rings. The average molecular weight is 476 g/mol. The Morgan fingerprint density at radius 1 is 1.03 bits per heavy atom. The first kappa shape index (κ1) is 22.0. The second kappa shape index (κ2) is 8.61. The lowest BCUT2D eigenvalue weighted by atomic mass is 9.99. The summed E-state index contributed by atoms with van der Waals surface area (Å²) < 4.78 is 3.53. The van der Waals surface area contributed by atoms with Crippen molar-refractivity contribution in [3.05, 3.63) is 106 Å². The molecule has 7 nitrogen and oxygen atoms in total. The van der Waals surface area contributed by atoms with Crippen molar-refractivity contribution in [2.75, 3.05) is 5.73 Å². The highest BCUT2D eigenvalue weighted by Crippen LogP contribution is 2.40. The predicted molar refractivity (Wildman–Crippen MR) is 140 cm³/mol. The smallest absolute Gasteiger partial charge is 0.265 e. The van der Waals surface area contributed by atoms with Crippen LogP contribution in [0.25, 0.3) is 27.8 Å². The molecule has 1 fully saturated rings. The zero-order chi connectivity index (χ0) is 24.8. The number of Topliss-reactive ketones (excluding diaryl/α,β-unsaturated/α-hetero) is 1. The van der Waals surface area contributed by atoms with Gasteiger partial charge >= 0.3 is 0 Å². The fraction of sp³-hybridized carbons (Fsp3) is 0.172. The number of para-hydroxylation sites is 1. The number of nitrogen functional groups attached to an aromatic ring is 1. The zero-order valence-electron chi connectivity index (χ0n) is 19.9. The van der Waals surface area contributed by atoms with Crippen molar-refractivity contribution in [3.8, 4) is 16.8 Å². The van der Waals surface area contributed by atoms with E-state index >= 15 is 0 Å². The van der Waals surface area contributed by atoms with Gasteiger partial charge in [0.2, 0.25) is 0 Å². The third-order valence-electron chi connectivity index (χ3n) is 6.83. The van der Waals surface area contributed by atoms with Crippen LogP contribution in [0.3, 0.4) is 0 Å². The van der Waals surface area contributed by atoms with Crippen molar-refractivity contribution >= 4 is 22.6 Å². The number of nitrogens with zero attached hydrogens (tertiary/aromatic N) is 4. The normalized spacial score (nSPS) is 13.2. The summed E-state index contributed by atoms with van der Waals surface area (Å²) in [5.41, 5.74) is 11.4. The Hall–Kier alpha value is -4.52. The first-order valence-electron chi connectivity index (χ1n) is 12.0. The number of carbonyl (C=O) groups is 1. The first-order chi connectivity index (χ1) is 17.5. The van der Waals surface area contributed by atoms with E-state index in [-0.39, 0.29) is 23.3 Å². The van der Waals surface area contributed by atoms with Gasteiger partial charge in [-0.1, -0.05) is 42.5 Å². The fourth-order valence-electron chi connectivity index (χ4n) is 4.76. The largest absolute Gasteiger partial charge is 0.383 e. The zero-order valence-corrected chi connectivity index (χ0v) is 19.9. The maximum atomic E-state index is 13.3. The van der Waals surface area contributed by atoms with Crippen LogP contribution < -0.4 is 11.3 Å². The highest BCUT2D eigenvalue weighted by Gasteiger charge is 2.27. The molecule has 0 aliphatic heterocycles. The fourth-order valence-corrected chi connectivity index (χ4v) is 4.76. The van der Waals surface area contributed by atoms with E-state index in [4.69, 9.17) is 5.73 Å². The summed E-state index contributed by atoms with van der Waals surface area (Å²) in [6, 6.07) is 19.0. The van der Waals surface area contributed by atoms with Gasteiger partial charge in [0, 0.05) is 37.1 Å². The van der Waals surface area contributed by atoms with Crippen LogP contribution in [0.15, 0.2) is 84.2 Å². The van der Waals surface area contributed by atoms with Gasteiger partial charge in [0.15, 0.2) is 5.78 Å². The Bertz CT molecular complexity index is 1660. The molecule has 0 bridgehead atoms. The van der Waals surface area contributed by atoms with Gasteiger partial charge in [0.25, 0.3) is 5.56 Å². The van der Waals surface area contributed by atoms with Crippen molar-refractivity contribution in [2.45, 2.75) is 25.2 Å². The van der Waals surface area contributed by atoms with E-state index in [1.807, 2.05) is 78.6 Å². The number of carbonyl (C=O) groups excluding carboxylic acids is 1. The summed E-state index contributed by atoms with van der Waals surface area (Å²) in [7, 11) is 1.92. The highest BCUT2D eigenvalue weighted by molar-refractivity contribution is 6.01. The topological polar surface area (TPSA) is 95.8 Å². The van der Waals surface area contributed by atoms with Crippen LogP contribution in [-0.2, 0) is 13.5 Å². The number of ketones is 1. The van der Waals surface area contributed by atoms with Crippen molar-refractivity contribution in [2.24, 2.45) is 7.05 Å². The first-order valence-corrected chi connectivity index (χ1v) is 12.0. The van der Waals surface area contributed by atoms with Crippen molar-refractivity contribution < 1.29 is 4.79 Å². The third kappa shape index (κ3) is 3.88. The molecule has 36 heavy (non-hydrogen) atoms. The summed E-state index contributed by atoms with van der Waals surface area (Å²) in [4.78, 5) is 35.1. The molecule has 3 aromatic heterocycles. The van der Waals surface area contributed by atoms with Crippen LogP contribution in [0.1, 0.15) is 40.2 Å². The maximum absolute atomic E-state index is 13.3. The average Bonchev–Trinajstić information content (AvgIpc) is 3.69. The Morgan fingerprint density at radius 3 is 2.50 bits per heavy atom. The van der Waals surface area contributed by atoms with Gasteiger partial charge in [-0.2, -0.15) is 0 Å². The standard InChI is InChI=1S/C29H25N5O2/c1-33-16-24(26-27(30)31-17-32-28(26)33)20-9-7-18(8-10-20)13-25(35)23-14-21(19-11-12-19)15-34(29(23)36)22-5-3-2-4-6-22/h2-10,14-17,19H,11-13H2,1H3,(H2,30,31,32). The number of hydrogen-bond acceptors (Lipinski definition) is 5. The number of aromatic nitrogens is 4. The number of nitrogens with two attached hydrogens (primary N) is 1. The number of aryl methyl sites for hydroxylation is 1. The van der Waals surface area contributed by atoms with Crippen molar-refractivity contribution in [1.82, 2.24) is 19.1 Å². The molecule has 7 heteroatoms. The van der Waals surface area contributed by atoms with Gasteiger partial charge in [0.1, 0.15) is 17.8 Å². The summed E-state index contributed by atoms with van der Waals surface area (Å²) in [6.45, 7) is 0. The number of benzene rings is 2. The van der Waals surface area contributed by atoms with E-state index in [0.29, 0.717) is 11.7 Å². The molecule has 0 amide bonds. The van der Waals surface area contributed by atoms with E-state index < -0.39 is 0 Å². The summed E-state index contributed by atoms with van der Waals surface area (Å²) >= 11 is 0. The van der Waals surface area contributed by atoms with Crippen LogP contribution in [-0.4, -0.2) is 24.9 Å². The maximum Gasteiger partial charge on any atom is 0.265 e. The SMILES string of the molecule is Cn1cc(-c2ccc(CC(=O)c3cc(C4CC4)cn(-c4ccccc4)c3=O)cc2)c2c(N)ncnc21. The molecular formula is C29H25N5O2. The molecule has 2 aromatic carbocycles. The summed E-state index contributed by atoms with van der Waals surface area (Å²) in [5.74, 6) is 0.673. The summed E-state index contributed by atoms with van der Waals surface area (Å²) in [5, 5.41) is 0.808. The monoisotopic (exact) mass is 475 g/mol. The lowest BCUT2D eigenvalue weighted by Gasteiger charge is -2.11. The minimum Gasteiger partial charge on any atom is -0.383 e. The molecule has 0 atom stereocenters. The number of anilines is 1. The van der Waals surface area contributed by atoms with E-state index in [0.717, 1.165) is 51.8 Å². The highest BCUT2D eigenvalue weighted by atomic mass is 16.1. The molecule has 178 valence electrons. The molecule has 6 rings (SSSR count). The quantitative estimate of drug-likeness (QED) is 0.360. The van der Waals surface area contributed by atoms with Gasteiger partial charge in [-0.25, -0.2) is 9.97 Å². The lowest BCUT2D eigenvalue weighted by molar-refractivity contribution is 0.0991. The molecule has 0 spiro atoms. The molecule has 0 radical (unpaired) electrons. The number of fused-ring (bicyclic) bond motifs is 1. The van der Waals surface area contributed by atoms with Gasteiger partial charge in [-0.3, -0.25) is 14.2 Å². The third-order valence-corrected chi connectivity index (χ3v) is 6.83. The van der Waals surface area contributed by atoms with Gasteiger partial charge in [-0.05, 0) is 53.6 Å². The Morgan fingerprint density at radius 2 is 1.78 bits per heavy atom. The second-order valence-electron chi connectivity index (χ2n) is 9.38.